The summed E-state index contributed by atoms with van der Waals surface area (Å²) in [6.07, 6.45) is 1.82. The average Bonchev–Trinajstić information content (AvgIpc) is 2.13. The van der Waals surface area contributed by atoms with Crippen LogP contribution in [0.1, 0.15) is 33.6 Å². The minimum Gasteiger partial charge on any atom is -0.460 e. The Morgan fingerprint density at radius 1 is 1.50 bits per heavy atom. The molecule has 16 heavy (non-hydrogen) atoms. The molecule has 0 aromatic carbocycles. The molecule has 1 aliphatic carbocycles. The predicted molar refractivity (Wildman–Crippen MR) is 59.8 cm³/mol. The summed E-state index contributed by atoms with van der Waals surface area (Å²) in [6.45, 7) is 6.69. The summed E-state index contributed by atoms with van der Waals surface area (Å²) in [6, 6.07) is 0. The molecule has 92 valence electrons. The second-order valence-corrected chi connectivity index (χ2v) is 6.01. The third-order valence-corrected chi connectivity index (χ3v) is 3.49. The van der Waals surface area contributed by atoms with Crippen molar-refractivity contribution in [3.63, 3.8) is 0 Å². The molecule has 1 saturated carbocycles. The molecule has 3 fully saturated rings. The minimum atomic E-state index is -0.413. The van der Waals surface area contributed by atoms with E-state index in [1.54, 1.807) is 0 Å². The molecule has 4 nitrogen and oxygen atoms in total. The molecule has 2 bridgehead atoms. The van der Waals surface area contributed by atoms with Gasteiger partial charge < -0.3 is 15.2 Å². The van der Waals surface area contributed by atoms with Gasteiger partial charge in [0, 0.05) is 6.54 Å². The van der Waals surface area contributed by atoms with E-state index < -0.39 is 5.60 Å². The Hall–Kier alpha value is -0.610. The fourth-order valence-electron chi connectivity index (χ4n) is 2.56. The van der Waals surface area contributed by atoms with Crippen LogP contribution in [-0.2, 0) is 14.3 Å². The van der Waals surface area contributed by atoms with E-state index in [9.17, 15) is 4.79 Å². The monoisotopic (exact) mass is 227 g/mol. The van der Waals surface area contributed by atoms with Gasteiger partial charge in [-0.1, -0.05) is 0 Å². The van der Waals surface area contributed by atoms with Crippen molar-refractivity contribution in [2.45, 2.75) is 44.8 Å². The molecule has 0 aromatic rings. The minimum absolute atomic E-state index is 0.0901. The molecule has 2 N–H and O–H groups in total. The third-order valence-electron chi connectivity index (χ3n) is 3.49. The van der Waals surface area contributed by atoms with E-state index in [0.717, 1.165) is 12.8 Å². The first-order chi connectivity index (χ1) is 7.35. The van der Waals surface area contributed by atoms with Crippen molar-refractivity contribution in [3.05, 3.63) is 0 Å². The summed E-state index contributed by atoms with van der Waals surface area (Å²) >= 11 is 0. The highest BCUT2D eigenvalue weighted by Gasteiger charge is 2.54. The van der Waals surface area contributed by atoms with Gasteiger partial charge in [-0.05, 0) is 39.5 Å². The molecule has 2 saturated heterocycles. The summed E-state index contributed by atoms with van der Waals surface area (Å²) in [5.74, 6) is 0.197. The SMILES string of the molecule is CC(C)(C)OC(=O)C1COC2(CN)CC1C2. The summed E-state index contributed by atoms with van der Waals surface area (Å²) in [4.78, 5) is 11.9. The molecule has 2 aliphatic heterocycles. The number of nitrogens with two attached hydrogens (primary N) is 1. The number of rotatable bonds is 2. The summed E-state index contributed by atoms with van der Waals surface area (Å²) in [5, 5.41) is 0. The zero-order chi connectivity index (χ0) is 12.0. The molecule has 1 atom stereocenters. The molecule has 0 amide bonds. The number of carbonyl (C=O) groups is 1. The molecule has 2 heterocycles. The molecule has 0 aromatic heterocycles. The van der Waals surface area contributed by atoms with E-state index in [1.807, 2.05) is 20.8 Å². The number of ether oxygens (including phenoxy) is 2. The molecular formula is C12H21NO3. The lowest BCUT2D eigenvalue weighted by Gasteiger charge is -2.54. The predicted octanol–water partition coefficient (Wildman–Crippen LogP) is 1.08. The normalized spacial score (nSPS) is 37.8. The molecule has 1 unspecified atom stereocenters. The first-order valence-corrected chi connectivity index (χ1v) is 5.92. The fraction of sp³-hybridized carbons (Fsp3) is 0.917. The van der Waals surface area contributed by atoms with E-state index in [0.29, 0.717) is 19.1 Å². The van der Waals surface area contributed by atoms with Gasteiger partial charge in [0.25, 0.3) is 0 Å². The van der Waals surface area contributed by atoms with Crippen molar-refractivity contribution in [2.24, 2.45) is 17.6 Å². The highest BCUT2D eigenvalue weighted by atomic mass is 16.6. The van der Waals surface area contributed by atoms with Gasteiger partial charge in [-0.25, -0.2) is 0 Å². The Kier molecular flexibility index (Phi) is 2.75. The number of hydrogen-bond donors (Lipinski definition) is 1. The highest BCUT2D eigenvalue weighted by molar-refractivity contribution is 5.74. The van der Waals surface area contributed by atoms with Gasteiger partial charge in [0.1, 0.15) is 5.60 Å². The molecule has 3 aliphatic rings. The highest BCUT2D eigenvalue weighted by Crippen LogP contribution is 2.49. The van der Waals surface area contributed by atoms with Crippen molar-refractivity contribution < 1.29 is 14.3 Å². The Balaban J connectivity index is 1.92. The quantitative estimate of drug-likeness (QED) is 0.717. The van der Waals surface area contributed by atoms with Gasteiger partial charge in [-0.2, -0.15) is 0 Å². The third kappa shape index (κ3) is 2.09. The molecular weight excluding hydrogens is 206 g/mol. The fourth-order valence-corrected chi connectivity index (χ4v) is 2.56. The zero-order valence-corrected chi connectivity index (χ0v) is 10.3. The first kappa shape index (κ1) is 11.9. The number of hydrogen-bond acceptors (Lipinski definition) is 4. The van der Waals surface area contributed by atoms with Gasteiger partial charge in [0.05, 0.1) is 18.1 Å². The first-order valence-electron chi connectivity index (χ1n) is 5.92. The van der Waals surface area contributed by atoms with Crippen LogP contribution >= 0.6 is 0 Å². The standard InChI is InChI=1S/C12H21NO3/c1-11(2,3)16-10(14)9-6-15-12(7-13)4-8(9)5-12/h8-9H,4-7,13H2,1-3H3. The summed E-state index contributed by atoms with van der Waals surface area (Å²) in [7, 11) is 0. The summed E-state index contributed by atoms with van der Waals surface area (Å²) < 4.78 is 11.1. The van der Waals surface area contributed by atoms with E-state index in [4.69, 9.17) is 15.2 Å². The van der Waals surface area contributed by atoms with Crippen molar-refractivity contribution in [1.82, 2.24) is 0 Å². The number of esters is 1. The van der Waals surface area contributed by atoms with Crippen LogP contribution in [0.3, 0.4) is 0 Å². The van der Waals surface area contributed by atoms with Crippen LogP contribution in [0, 0.1) is 11.8 Å². The van der Waals surface area contributed by atoms with Crippen molar-refractivity contribution in [1.29, 1.82) is 0 Å². The van der Waals surface area contributed by atoms with E-state index in [1.165, 1.54) is 0 Å². The van der Waals surface area contributed by atoms with Crippen LogP contribution < -0.4 is 5.73 Å². The van der Waals surface area contributed by atoms with Crippen LogP contribution in [-0.4, -0.2) is 30.3 Å². The Morgan fingerprint density at radius 3 is 2.50 bits per heavy atom. The zero-order valence-electron chi connectivity index (χ0n) is 10.3. The molecule has 0 radical (unpaired) electrons. The molecule has 0 spiro atoms. The van der Waals surface area contributed by atoms with Crippen LogP contribution in [0.25, 0.3) is 0 Å². The molecule has 4 heteroatoms. The molecule has 3 rings (SSSR count). The van der Waals surface area contributed by atoms with Gasteiger partial charge in [-0.3, -0.25) is 4.79 Å². The lowest BCUT2D eigenvalue weighted by Crippen LogP contribution is -2.61. The van der Waals surface area contributed by atoms with E-state index in [-0.39, 0.29) is 17.5 Å². The van der Waals surface area contributed by atoms with E-state index in [2.05, 4.69) is 0 Å². The second kappa shape index (κ2) is 3.70. The van der Waals surface area contributed by atoms with Crippen LogP contribution in [0.15, 0.2) is 0 Å². The maximum Gasteiger partial charge on any atom is 0.312 e. The van der Waals surface area contributed by atoms with Gasteiger partial charge >= 0.3 is 5.97 Å². The maximum absolute atomic E-state index is 11.9. The Bertz CT molecular complexity index is 284. The van der Waals surface area contributed by atoms with Gasteiger partial charge in [-0.15, -0.1) is 0 Å². The second-order valence-electron chi connectivity index (χ2n) is 6.01. The summed E-state index contributed by atoms with van der Waals surface area (Å²) in [5.41, 5.74) is 5.12. The van der Waals surface area contributed by atoms with Crippen molar-refractivity contribution in [3.8, 4) is 0 Å². The lowest BCUT2D eigenvalue weighted by molar-refractivity contribution is -0.216. The lowest BCUT2D eigenvalue weighted by atomic mass is 9.63. The topological polar surface area (TPSA) is 61.5 Å². The Morgan fingerprint density at radius 2 is 2.12 bits per heavy atom. The van der Waals surface area contributed by atoms with Crippen LogP contribution in [0.4, 0.5) is 0 Å². The van der Waals surface area contributed by atoms with Crippen molar-refractivity contribution in [2.75, 3.05) is 13.2 Å². The van der Waals surface area contributed by atoms with Crippen LogP contribution in [0.5, 0.6) is 0 Å². The van der Waals surface area contributed by atoms with E-state index >= 15 is 0 Å². The smallest absolute Gasteiger partial charge is 0.312 e. The maximum atomic E-state index is 11.9. The van der Waals surface area contributed by atoms with Crippen LogP contribution in [0.2, 0.25) is 0 Å². The Labute approximate surface area is 96.5 Å². The number of fused-ring (bicyclic) bond motifs is 2. The average molecular weight is 227 g/mol. The van der Waals surface area contributed by atoms with Gasteiger partial charge in [0.15, 0.2) is 0 Å². The largest absolute Gasteiger partial charge is 0.460 e. The van der Waals surface area contributed by atoms with Crippen molar-refractivity contribution >= 4 is 5.97 Å². The number of carbonyl (C=O) groups excluding carboxylic acids is 1. The van der Waals surface area contributed by atoms with Gasteiger partial charge in [0.2, 0.25) is 0 Å².